The Bertz CT molecular complexity index is 299. The Morgan fingerprint density at radius 3 is 2.32 bits per heavy atom. The lowest BCUT2D eigenvalue weighted by Crippen LogP contribution is -2.42. The zero-order valence-electron chi connectivity index (χ0n) is 12.4. The third kappa shape index (κ3) is 5.59. The number of nitrogens with zero attached hydrogens (tertiary/aromatic N) is 2. The fourth-order valence-corrected chi connectivity index (χ4v) is 2.33. The van der Waals surface area contributed by atoms with Crippen LogP contribution in [0.5, 0.6) is 0 Å². The monoisotopic (exact) mass is 269 g/mol. The molecule has 1 heterocycles. The summed E-state index contributed by atoms with van der Waals surface area (Å²) in [6.45, 7) is 4.92. The van der Waals surface area contributed by atoms with E-state index in [1.54, 1.807) is 23.9 Å². The Labute approximate surface area is 116 Å². The first-order valence-corrected chi connectivity index (χ1v) is 7.23. The van der Waals surface area contributed by atoms with Crippen molar-refractivity contribution in [2.75, 3.05) is 40.3 Å². The van der Waals surface area contributed by atoms with Crippen LogP contribution in [0.1, 0.15) is 32.6 Å². The van der Waals surface area contributed by atoms with Crippen molar-refractivity contribution in [1.82, 2.24) is 15.1 Å². The Kier molecular flexibility index (Phi) is 6.84. The molecular weight excluding hydrogens is 242 g/mol. The van der Waals surface area contributed by atoms with E-state index in [0.29, 0.717) is 18.9 Å². The Balaban J connectivity index is 2.49. The van der Waals surface area contributed by atoms with Crippen molar-refractivity contribution in [2.45, 2.75) is 32.6 Å². The van der Waals surface area contributed by atoms with Gasteiger partial charge in [0.05, 0.1) is 6.54 Å². The Morgan fingerprint density at radius 1 is 1.16 bits per heavy atom. The predicted molar refractivity (Wildman–Crippen MR) is 75.8 cm³/mol. The van der Waals surface area contributed by atoms with Crippen LogP contribution < -0.4 is 5.32 Å². The predicted octanol–water partition coefficient (Wildman–Crippen LogP) is 0.703. The molecule has 0 unspecified atom stereocenters. The van der Waals surface area contributed by atoms with E-state index in [-0.39, 0.29) is 18.4 Å². The van der Waals surface area contributed by atoms with Gasteiger partial charge in [0.25, 0.3) is 0 Å². The van der Waals surface area contributed by atoms with Gasteiger partial charge in [0, 0.05) is 27.1 Å². The van der Waals surface area contributed by atoms with Crippen LogP contribution in [0.25, 0.3) is 0 Å². The quantitative estimate of drug-likeness (QED) is 0.772. The molecule has 0 aromatic carbocycles. The number of hydrogen-bond acceptors (Lipinski definition) is 3. The molecule has 1 N–H and O–H groups in total. The summed E-state index contributed by atoms with van der Waals surface area (Å²) in [5.74, 6) is 0.596. The average Bonchev–Trinajstić information content (AvgIpc) is 2.39. The van der Waals surface area contributed by atoms with Crippen molar-refractivity contribution >= 4 is 11.8 Å². The van der Waals surface area contributed by atoms with E-state index in [4.69, 9.17) is 0 Å². The molecule has 5 heteroatoms. The summed E-state index contributed by atoms with van der Waals surface area (Å²) >= 11 is 0. The third-order valence-corrected chi connectivity index (χ3v) is 3.59. The topological polar surface area (TPSA) is 52.7 Å². The van der Waals surface area contributed by atoms with Gasteiger partial charge in [0.1, 0.15) is 0 Å². The van der Waals surface area contributed by atoms with Gasteiger partial charge in [-0.2, -0.15) is 0 Å². The lowest BCUT2D eigenvalue weighted by atomic mass is 9.94. The minimum absolute atomic E-state index is 0.00730. The van der Waals surface area contributed by atoms with Crippen LogP contribution in [0.2, 0.25) is 0 Å². The minimum atomic E-state index is -0.00730. The van der Waals surface area contributed by atoms with Crippen LogP contribution in [-0.2, 0) is 9.59 Å². The van der Waals surface area contributed by atoms with Crippen LogP contribution in [0.4, 0.5) is 0 Å². The van der Waals surface area contributed by atoms with E-state index < -0.39 is 0 Å². The number of rotatable bonds is 6. The number of likely N-dealkylation sites (N-methyl/N-ethyl adjacent to an activating group) is 1. The molecule has 0 aromatic rings. The Hall–Kier alpha value is -1.10. The standard InChI is InChI=1S/C14H27N3O2/c1-4-9-17(11-14(19)16(2)3)13(18)10-12-5-7-15-8-6-12/h12,15H,4-11H2,1-3H3. The second-order valence-corrected chi connectivity index (χ2v) is 5.50. The molecule has 1 rings (SSSR count). The molecule has 1 aliphatic heterocycles. The summed E-state index contributed by atoms with van der Waals surface area (Å²) in [7, 11) is 3.45. The van der Waals surface area contributed by atoms with E-state index in [9.17, 15) is 9.59 Å². The number of nitrogens with one attached hydrogen (secondary N) is 1. The molecule has 1 fully saturated rings. The lowest BCUT2D eigenvalue weighted by molar-refractivity contribution is -0.140. The van der Waals surface area contributed by atoms with E-state index in [1.165, 1.54) is 0 Å². The van der Waals surface area contributed by atoms with Crippen LogP contribution in [0.3, 0.4) is 0 Å². The number of amides is 2. The lowest BCUT2D eigenvalue weighted by Gasteiger charge is -2.27. The molecule has 0 spiro atoms. The summed E-state index contributed by atoms with van der Waals surface area (Å²) in [4.78, 5) is 27.3. The zero-order valence-corrected chi connectivity index (χ0v) is 12.4. The van der Waals surface area contributed by atoms with Crippen molar-refractivity contribution in [1.29, 1.82) is 0 Å². The van der Waals surface area contributed by atoms with E-state index in [2.05, 4.69) is 5.32 Å². The minimum Gasteiger partial charge on any atom is -0.347 e. The number of hydrogen-bond donors (Lipinski definition) is 1. The van der Waals surface area contributed by atoms with Crippen molar-refractivity contribution in [3.05, 3.63) is 0 Å². The number of carbonyl (C=O) groups is 2. The highest BCUT2D eigenvalue weighted by molar-refractivity contribution is 5.84. The van der Waals surface area contributed by atoms with E-state index >= 15 is 0 Å². The highest BCUT2D eigenvalue weighted by atomic mass is 16.2. The maximum absolute atomic E-state index is 12.3. The second kappa shape index (κ2) is 8.15. The van der Waals surface area contributed by atoms with Crippen LogP contribution in [0.15, 0.2) is 0 Å². The highest BCUT2D eigenvalue weighted by Gasteiger charge is 2.22. The molecule has 0 saturated carbocycles. The molecular formula is C14H27N3O2. The second-order valence-electron chi connectivity index (χ2n) is 5.50. The summed E-state index contributed by atoms with van der Waals surface area (Å²) < 4.78 is 0. The summed E-state index contributed by atoms with van der Waals surface area (Å²) in [6, 6.07) is 0. The summed E-state index contributed by atoms with van der Waals surface area (Å²) in [5.41, 5.74) is 0. The molecule has 0 bridgehead atoms. The van der Waals surface area contributed by atoms with Crippen LogP contribution in [-0.4, -0.2) is 61.9 Å². The highest BCUT2D eigenvalue weighted by Crippen LogP contribution is 2.17. The number of piperidine rings is 1. The van der Waals surface area contributed by atoms with Gasteiger partial charge in [-0.1, -0.05) is 6.92 Å². The number of carbonyl (C=O) groups excluding carboxylic acids is 2. The third-order valence-electron chi connectivity index (χ3n) is 3.59. The molecule has 0 aromatic heterocycles. The van der Waals surface area contributed by atoms with Gasteiger partial charge in [-0.05, 0) is 38.3 Å². The molecule has 0 atom stereocenters. The van der Waals surface area contributed by atoms with Gasteiger partial charge in [0.2, 0.25) is 11.8 Å². The molecule has 1 saturated heterocycles. The largest absolute Gasteiger partial charge is 0.347 e. The molecule has 5 nitrogen and oxygen atoms in total. The van der Waals surface area contributed by atoms with Gasteiger partial charge >= 0.3 is 0 Å². The van der Waals surface area contributed by atoms with Crippen molar-refractivity contribution in [3.8, 4) is 0 Å². The maximum atomic E-state index is 12.3. The fraction of sp³-hybridized carbons (Fsp3) is 0.857. The Morgan fingerprint density at radius 2 is 1.79 bits per heavy atom. The van der Waals surface area contributed by atoms with Gasteiger partial charge in [-0.15, -0.1) is 0 Å². The maximum Gasteiger partial charge on any atom is 0.241 e. The summed E-state index contributed by atoms with van der Waals surface area (Å²) in [6.07, 6.45) is 3.60. The summed E-state index contributed by atoms with van der Waals surface area (Å²) in [5, 5.41) is 3.30. The van der Waals surface area contributed by atoms with Gasteiger partial charge in [-0.25, -0.2) is 0 Å². The van der Waals surface area contributed by atoms with Crippen molar-refractivity contribution < 1.29 is 9.59 Å². The molecule has 19 heavy (non-hydrogen) atoms. The zero-order chi connectivity index (χ0) is 14.3. The average molecular weight is 269 g/mol. The van der Waals surface area contributed by atoms with E-state index in [1.807, 2.05) is 6.92 Å². The smallest absolute Gasteiger partial charge is 0.241 e. The molecule has 1 aliphatic rings. The molecule has 0 radical (unpaired) electrons. The molecule has 0 aliphatic carbocycles. The normalized spacial score (nSPS) is 16.2. The van der Waals surface area contributed by atoms with E-state index in [0.717, 1.165) is 32.4 Å². The SMILES string of the molecule is CCCN(CC(=O)N(C)C)C(=O)CC1CCNCC1. The molecule has 110 valence electrons. The van der Waals surface area contributed by atoms with Gasteiger partial charge in [0.15, 0.2) is 0 Å². The first-order chi connectivity index (χ1) is 9.04. The van der Waals surface area contributed by atoms with Gasteiger partial charge in [-0.3, -0.25) is 9.59 Å². The van der Waals surface area contributed by atoms with Crippen molar-refractivity contribution in [3.63, 3.8) is 0 Å². The van der Waals surface area contributed by atoms with Gasteiger partial charge < -0.3 is 15.1 Å². The first kappa shape index (κ1) is 16.0. The molecule has 2 amide bonds. The van der Waals surface area contributed by atoms with Crippen molar-refractivity contribution in [2.24, 2.45) is 5.92 Å². The van der Waals surface area contributed by atoms with Crippen LogP contribution >= 0.6 is 0 Å². The fourth-order valence-electron chi connectivity index (χ4n) is 2.33. The van der Waals surface area contributed by atoms with Crippen LogP contribution in [0, 0.1) is 5.92 Å². The first-order valence-electron chi connectivity index (χ1n) is 7.23.